The Kier molecular flexibility index (Phi) is 3.22. The number of nitrogens with zero attached hydrogens (tertiary/aromatic N) is 1. The van der Waals surface area contributed by atoms with Gasteiger partial charge in [0.2, 0.25) is 0 Å². The third kappa shape index (κ3) is 2.52. The second-order valence-electron chi connectivity index (χ2n) is 5.09. The lowest BCUT2D eigenvalue weighted by molar-refractivity contribution is 0.0697. The van der Waals surface area contributed by atoms with Crippen LogP contribution in [0.25, 0.3) is 10.9 Å². The molecule has 1 N–H and O–H groups in total. The third-order valence-electron chi connectivity index (χ3n) is 3.67. The fraction of sp³-hybridized carbons (Fsp3) is 0.118. The average Bonchev–Trinajstić information content (AvgIpc) is 2.85. The highest BCUT2D eigenvalue weighted by atomic mass is 19.1. The maximum Gasteiger partial charge on any atom is 0.335 e. The number of hydrogen-bond donors (Lipinski definition) is 1. The maximum absolute atomic E-state index is 13.4. The predicted molar refractivity (Wildman–Crippen MR) is 79.1 cm³/mol. The molecular formula is C17H14FNO2. The molecular weight excluding hydrogens is 269 g/mol. The summed E-state index contributed by atoms with van der Waals surface area (Å²) in [6, 6.07) is 11.6. The van der Waals surface area contributed by atoms with Gasteiger partial charge in [-0.3, -0.25) is 0 Å². The van der Waals surface area contributed by atoms with Crippen molar-refractivity contribution in [2.75, 3.05) is 0 Å². The highest BCUT2D eigenvalue weighted by molar-refractivity contribution is 5.93. The number of rotatable bonds is 3. The minimum absolute atomic E-state index is 0.250. The summed E-state index contributed by atoms with van der Waals surface area (Å²) < 4.78 is 15.3. The Morgan fingerprint density at radius 2 is 2.00 bits per heavy atom. The third-order valence-corrected chi connectivity index (χ3v) is 3.67. The highest BCUT2D eigenvalue weighted by Gasteiger charge is 2.08. The molecule has 0 aliphatic heterocycles. The minimum Gasteiger partial charge on any atom is -0.478 e. The first-order valence-electron chi connectivity index (χ1n) is 6.62. The van der Waals surface area contributed by atoms with E-state index in [0.717, 1.165) is 22.0 Å². The minimum atomic E-state index is -0.939. The summed E-state index contributed by atoms with van der Waals surface area (Å²) in [5.41, 5.74) is 3.14. The number of benzene rings is 2. The van der Waals surface area contributed by atoms with E-state index in [1.165, 1.54) is 12.1 Å². The lowest BCUT2D eigenvalue weighted by atomic mass is 10.1. The van der Waals surface area contributed by atoms with E-state index < -0.39 is 5.97 Å². The molecule has 0 aliphatic rings. The van der Waals surface area contributed by atoms with E-state index in [1.807, 2.05) is 23.8 Å². The van der Waals surface area contributed by atoms with Gasteiger partial charge in [-0.1, -0.05) is 6.07 Å². The molecule has 3 nitrogen and oxygen atoms in total. The van der Waals surface area contributed by atoms with Gasteiger partial charge >= 0.3 is 5.97 Å². The standard InChI is InChI=1S/C17H14FNO2/c1-11-2-4-15(18)9-14(11)10-19-7-6-12-8-13(17(20)21)3-5-16(12)19/h2-9H,10H2,1H3,(H,20,21). The molecule has 2 aromatic carbocycles. The number of halogens is 1. The number of carbonyl (C=O) groups is 1. The molecule has 0 spiro atoms. The molecule has 3 aromatic rings. The van der Waals surface area contributed by atoms with Crippen LogP contribution in [0.1, 0.15) is 21.5 Å². The van der Waals surface area contributed by atoms with Gasteiger partial charge < -0.3 is 9.67 Å². The molecule has 0 radical (unpaired) electrons. The Morgan fingerprint density at radius 3 is 2.76 bits per heavy atom. The molecule has 0 unspecified atom stereocenters. The van der Waals surface area contributed by atoms with Crippen LogP contribution >= 0.6 is 0 Å². The van der Waals surface area contributed by atoms with Crippen molar-refractivity contribution in [2.24, 2.45) is 0 Å². The van der Waals surface area contributed by atoms with E-state index in [-0.39, 0.29) is 11.4 Å². The molecule has 0 fully saturated rings. The van der Waals surface area contributed by atoms with Crippen LogP contribution in [0.4, 0.5) is 4.39 Å². The summed E-state index contributed by atoms with van der Waals surface area (Å²) in [4.78, 5) is 11.0. The summed E-state index contributed by atoms with van der Waals surface area (Å²) in [5, 5.41) is 9.87. The van der Waals surface area contributed by atoms with Crippen molar-refractivity contribution in [3.63, 3.8) is 0 Å². The molecule has 4 heteroatoms. The van der Waals surface area contributed by atoms with Crippen molar-refractivity contribution in [1.29, 1.82) is 0 Å². The first kappa shape index (κ1) is 13.4. The van der Waals surface area contributed by atoms with E-state index in [9.17, 15) is 9.18 Å². The van der Waals surface area contributed by atoms with E-state index in [1.54, 1.807) is 24.3 Å². The van der Waals surface area contributed by atoms with E-state index in [4.69, 9.17) is 5.11 Å². The number of carboxylic acids is 1. The molecule has 0 saturated carbocycles. The Hall–Kier alpha value is -2.62. The molecule has 106 valence electrons. The Morgan fingerprint density at radius 1 is 1.19 bits per heavy atom. The van der Waals surface area contributed by atoms with Gasteiger partial charge in [-0.25, -0.2) is 9.18 Å². The molecule has 3 rings (SSSR count). The number of carboxylic acid groups (broad SMARTS) is 1. The van der Waals surface area contributed by atoms with Crippen LogP contribution < -0.4 is 0 Å². The number of hydrogen-bond acceptors (Lipinski definition) is 1. The lowest BCUT2D eigenvalue weighted by Gasteiger charge is -2.09. The summed E-state index contributed by atoms with van der Waals surface area (Å²) in [5.74, 6) is -1.19. The van der Waals surface area contributed by atoms with Crippen LogP contribution in [0.15, 0.2) is 48.7 Å². The molecule has 21 heavy (non-hydrogen) atoms. The predicted octanol–water partition coefficient (Wildman–Crippen LogP) is 3.84. The number of aromatic carboxylic acids is 1. The highest BCUT2D eigenvalue weighted by Crippen LogP contribution is 2.20. The molecule has 0 atom stereocenters. The van der Waals surface area contributed by atoms with Crippen LogP contribution in [0, 0.1) is 12.7 Å². The van der Waals surface area contributed by atoms with Gasteiger partial charge in [0.1, 0.15) is 5.82 Å². The van der Waals surface area contributed by atoms with Gasteiger partial charge in [-0.2, -0.15) is 0 Å². The van der Waals surface area contributed by atoms with Gasteiger partial charge in [0.15, 0.2) is 0 Å². The zero-order chi connectivity index (χ0) is 15.0. The Bertz CT molecular complexity index is 836. The topological polar surface area (TPSA) is 42.2 Å². The first-order valence-corrected chi connectivity index (χ1v) is 6.62. The number of aryl methyl sites for hydroxylation is 1. The van der Waals surface area contributed by atoms with Gasteiger partial charge in [0.05, 0.1) is 5.56 Å². The molecule has 1 aromatic heterocycles. The van der Waals surface area contributed by atoms with Crippen LogP contribution in [0.3, 0.4) is 0 Å². The summed E-state index contributed by atoms with van der Waals surface area (Å²) in [6.07, 6.45) is 1.89. The summed E-state index contributed by atoms with van der Waals surface area (Å²) >= 11 is 0. The van der Waals surface area contributed by atoms with E-state index >= 15 is 0 Å². The van der Waals surface area contributed by atoms with Crippen molar-refractivity contribution >= 4 is 16.9 Å². The number of fused-ring (bicyclic) bond motifs is 1. The summed E-state index contributed by atoms with van der Waals surface area (Å²) in [6.45, 7) is 2.50. The van der Waals surface area contributed by atoms with Crippen LogP contribution in [0.2, 0.25) is 0 Å². The molecule has 0 amide bonds. The average molecular weight is 283 g/mol. The zero-order valence-electron chi connectivity index (χ0n) is 11.5. The second-order valence-corrected chi connectivity index (χ2v) is 5.09. The van der Waals surface area contributed by atoms with E-state index in [2.05, 4.69) is 0 Å². The lowest BCUT2D eigenvalue weighted by Crippen LogP contribution is -2.01. The van der Waals surface area contributed by atoms with Crippen molar-refractivity contribution in [3.05, 3.63) is 71.2 Å². The SMILES string of the molecule is Cc1ccc(F)cc1Cn1ccc2cc(C(=O)O)ccc21. The van der Waals surface area contributed by atoms with Crippen LogP contribution in [0.5, 0.6) is 0 Å². The molecule has 0 bridgehead atoms. The second kappa shape index (κ2) is 5.05. The van der Waals surface area contributed by atoms with Crippen molar-refractivity contribution in [1.82, 2.24) is 4.57 Å². The fourth-order valence-electron chi connectivity index (χ4n) is 2.46. The zero-order valence-corrected chi connectivity index (χ0v) is 11.5. The summed E-state index contributed by atoms with van der Waals surface area (Å²) in [7, 11) is 0. The monoisotopic (exact) mass is 283 g/mol. The fourth-order valence-corrected chi connectivity index (χ4v) is 2.46. The van der Waals surface area contributed by atoms with Crippen LogP contribution in [-0.4, -0.2) is 15.6 Å². The van der Waals surface area contributed by atoms with E-state index in [0.29, 0.717) is 6.54 Å². The van der Waals surface area contributed by atoms with Crippen molar-refractivity contribution < 1.29 is 14.3 Å². The number of aromatic nitrogens is 1. The normalized spacial score (nSPS) is 11.0. The van der Waals surface area contributed by atoms with Gasteiger partial charge in [-0.15, -0.1) is 0 Å². The van der Waals surface area contributed by atoms with Crippen LogP contribution in [-0.2, 0) is 6.54 Å². The smallest absolute Gasteiger partial charge is 0.335 e. The van der Waals surface area contributed by atoms with Crippen molar-refractivity contribution in [3.8, 4) is 0 Å². The molecule has 1 heterocycles. The molecule has 0 saturated heterocycles. The molecule has 0 aliphatic carbocycles. The van der Waals surface area contributed by atoms with Gasteiger partial charge in [0, 0.05) is 23.6 Å². The maximum atomic E-state index is 13.4. The van der Waals surface area contributed by atoms with Gasteiger partial charge in [-0.05, 0) is 54.4 Å². The largest absolute Gasteiger partial charge is 0.478 e. The Balaban J connectivity index is 2.01. The first-order chi connectivity index (χ1) is 10.0. The Labute approximate surface area is 121 Å². The van der Waals surface area contributed by atoms with Gasteiger partial charge in [0.25, 0.3) is 0 Å². The quantitative estimate of drug-likeness (QED) is 0.793. The van der Waals surface area contributed by atoms with Crippen molar-refractivity contribution in [2.45, 2.75) is 13.5 Å².